The molecule has 0 aliphatic carbocycles. The summed E-state index contributed by atoms with van der Waals surface area (Å²) in [7, 11) is 0. The van der Waals surface area contributed by atoms with Crippen LogP contribution in [0.1, 0.15) is 17.0 Å². The number of aryl methyl sites for hydroxylation is 1. The van der Waals surface area contributed by atoms with Crippen LogP contribution in [0, 0.1) is 19.7 Å². The zero-order valence-corrected chi connectivity index (χ0v) is 12.3. The lowest BCUT2D eigenvalue weighted by Gasteiger charge is -2.10. The molecule has 0 saturated heterocycles. The summed E-state index contributed by atoms with van der Waals surface area (Å²) < 4.78 is 15.9. The lowest BCUT2D eigenvalue weighted by molar-refractivity contribution is 0.626. The molecule has 3 nitrogen and oxygen atoms in total. The fourth-order valence-electron chi connectivity index (χ4n) is 1.75. The quantitative estimate of drug-likeness (QED) is 0.862. The molecule has 0 radical (unpaired) electrons. The van der Waals surface area contributed by atoms with Crippen molar-refractivity contribution in [3.63, 3.8) is 0 Å². The topological polar surface area (TPSA) is 43.8 Å². The molecule has 1 aromatic heterocycles. The van der Waals surface area contributed by atoms with Gasteiger partial charge in [0.2, 0.25) is 0 Å². The molecule has 94 valence electrons. The zero-order chi connectivity index (χ0) is 13.4. The van der Waals surface area contributed by atoms with Gasteiger partial charge in [0.05, 0.1) is 21.5 Å². The van der Waals surface area contributed by atoms with Gasteiger partial charge in [0, 0.05) is 5.56 Å². The van der Waals surface area contributed by atoms with E-state index in [2.05, 4.69) is 21.0 Å². The van der Waals surface area contributed by atoms with Crippen LogP contribution < -0.4 is 5.73 Å². The number of aromatic nitrogens is 2. The summed E-state index contributed by atoms with van der Waals surface area (Å²) in [5.41, 5.74) is 8.54. The van der Waals surface area contributed by atoms with E-state index in [0.717, 1.165) is 15.9 Å². The summed E-state index contributed by atoms with van der Waals surface area (Å²) in [5.74, 6) is -0.373. The first-order chi connectivity index (χ1) is 8.41. The summed E-state index contributed by atoms with van der Waals surface area (Å²) >= 11 is 8.40. The van der Waals surface area contributed by atoms with Gasteiger partial charge in [-0.2, -0.15) is 5.10 Å². The summed E-state index contributed by atoms with van der Waals surface area (Å²) in [6.45, 7) is 3.80. The first-order valence-corrected chi connectivity index (χ1v) is 6.43. The van der Waals surface area contributed by atoms with Gasteiger partial charge >= 0.3 is 0 Å². The van der Waals surface area contributed by atoms with Crippen molar-refractivity contribution in [2.45, 2.75) is 13.8 Å². The number of benzene rings is 1. The van der Waals surface area contributed by atoms with Crippen LogP contribution in [0.25, 0.3) is 5.69 Å². The summed E-state index contributed by atoms with van der Waals surface area (Å²) in [4.78, 5) is 0.146. The second-order valence-electron chi connectivity index (χ2n) is 3.92. The van der Waals surface area contributed by atoms with Gasteiger partial charge in [-0.25, -0.2) is 9.07 Å². The number of thiocarbonyl (C=S) groups is 1. The molecule has 0 saturated carbocycles. The van der Waals surface area contributed by atoms with Crippen molar-refractivity contribution >= 4 is 33.1 Å². The number of nitrogens with two attached hydrogens (primary N) is 1. The van der Waals surface area contributed by atoms with Crippen molar-refractivity contribution in [1.82, 2.24) is 9.78 Å². The Labute approximate surface area is 118 Å². The van der Waals surface area contributed by atoms with Crippen molar-refractivity contribution < 1.29 is 4.39 Å². The number of nitrogens with zero attached hydrogens (tertiary/aromatic N) is 2. The van der Waals surface area contributed by atoms with Gasteiger partial charge in [0.25, 0.3) is 0 Å². The van der Waals surface area contributed by atoms with Crippen LogP contribution in [0.15, 0.2) is 22.7 Å². The molecule has 6 heteroatoms. The van der Waals surface area contributed by atoms with Crippen molar-refractivity contribution in [1.29, 1.82) is 0 Å². The Bertz CT molecular complexity index is 636. The first-order valence-electron chi connectivity index (χ1n) is 5.23. The van der Waals surface area contributed by atoms with E-state index in [4.69, 9.17) is 18.0 Å². The monoisotopic (exact) mass is 327 g/mol. The average molecular weight is 328 g/mol. The minimum atomic E-state index is -0.373. The fraction of sp³-hybridized carbons (Fsp3) is 0.167. The van der Waals surface area contributed by atoms with E-state index < -0.39 is 0 Å². The summed E-state index contributed by atoms with van der Waals surface area (Å²) in [5, 5.41) is 4.38. The minimum Gasteiger partial charge on any atom is -0.389 e. The third-order valence-corrected chi connectivity index (χ3v) is 4.02. The van der Waals surface area contributed by atoms with Crippen molar-refractivity contribution in [3.8, 4) is 5.69 Å². The van der Waals surface area contributed by atoms with Crippen molar-refractivity contribution in [2.75, 3.05) is 0 Å². The third-order valence-electron chi connectivity index (χ3n) is 2.66. The lowest BCUT2D eigenvalue weighted by atomic mass is 10.1. The van der Waals surface area contributed by atoms with Gasteiger partial charge in [-0.05, 0) is 48.0 Å². The van der Waals surface area contributed by atoms with Gasteiger partial charge in [-0.1, -0.05) is 12.2 Å². The van der Waals surface area contributed by atoms with Gasteiger partial charge < -0.3 is 5.73 Å². The van der Waals surface area contributed by atoms with Gasteiger partial charge in [-0.15, -0.1) is 0 Å². The number of hydrogen-bond acceptors (Lipinski definition) is 2. The van der Waals surface area contributed by atoms with Gasteiger partial charge in [-0.3, -0.25) is 0 Å². The highest BCUT2D eigenvalue weighted by molar-refractivity contribution is 9.10. The lowest BCUT2D eigenvalue weighted by Crippen LogP contribution is -2.15. The molecule has 0 fully saturated rings. The molecule has 18 heavy (non-hydrogen) atoms. The highest BCUT2D eigenvalue weighted by Crippen LogP contribution is 2.25. The van der Waals surface area contributed by atoms with Crippen molar-refractivity contribution in [2.24, 2.45) is 5.73 Å². The van der Waals surface area contributed by atoms with E-state index in [9.17, 15) is 4.39 Å². The van der Waals surface area contributed by atoms with E-state index >= 15 is 0 Å². The Kier molecular flexibility index (Phi) is 3.49. The van der Waals surface area contributed by atoms with Crippen LogP contribution in [0.3, 0.4) is 0 Å². The molecule has 0 aliphatic heterocycles. The predicted octanol–water partition coefficient (Wildman–Crippen LogP) is 3.02. The molecular weight excluding hydrogens is 317 g/mol. The van der Waals surface area contributed by atoms with Crippen LogP contribution in [0.5, 0.6) is 0 Å². The smallest absolute Gasteiger partial charge is 0.124 e. The third kappa shape index (κ3) is 2.18. The molecular formula is C12H11BrFN3S. The maximum atomic E-state index is 13.3. The molecule has 0 spiro atoms. The molecule has 2 rings (SSSR count). The SMILES string of the molecule is Cc1nn(-c2ccc(F)cc2C(N)=S)c(C)c1Br. The summed E-state index contributed by atoms with van der Waals surface area (Å²) in [6.07, 6.45) is 0. The van der Waals surface area contributed by atoms with Gasteiger partial charge in [0.15, 0.2) is 0 Å². The average Bonchev–Trinajstić information content (AvgIpc) is 2.57. The molecule has 2 N–H and O–H groups in total. The molecule has 2 aromatic rings. The normalized spacial score (nSPS) is 10.7. The Morgan fingerprint density at radius 3 is 2.61 bits per heavy atom. The molecule has 0 bridgehead atoms. The first kappa shape index (κ1) is 13.2. The standard InChI is InChI=1S/C12H11BrFN3S/c1-6-11(13)7(2)17(16-6)10-4-3-8(14)5-9(10)12(15)18/h3-5H,1-2H3,(H2,15,18). The minimum absolute atomic E-state index is 0.146. The number of rotatable bonds is 2. The van der Waals surface area contributed by atoms with E-state index in [1.54, 1.807) is 10.7 Å². The van der Waals surface area contributed by atoms with Crippen LogP contribution >= 0.6 is 28.1 Å². The highest BCUT2D eigenvalue weighted by atomic mass is 79.9. The Balaban J connectivity index is 2.71. The Morgan fingerprint density at radius 1 is 1.44 bits per heavy atom. The number of hydrogen-bond donors (Lipinski definition) is 1. The predicted molar refractivity (Wildman–Crippen MR) is 76.6 cm³/mol. The van der Waals surface area contributed by atoms with E-state index in [1.807, 2.05) is 13.8 Å². The molecule has 0 atom stereocenters. The van der Waals surface area contributed by atoms with E-state index in [1.165, 1.54) is 12.1 Å². The highest BCUT2D eigenvalue weighted by Gasteiger charge is 2.15. The van der Waals surface area contributed by atoms with Crippen LogP contribution in [0.4, 0.5) is 4.39 Å². The van der Waals surface area contributed by atoms with Crippen LogP contribution in [0.2, 0.25) is 0 Å². The van der Waals surface area contributed by atoms with Crippen LogP contribution in [-0.4, -0.2) is 14.8 Å². The maximum Gasteiger partial charge on any atom is 0.124 e. The van der Waals surface area contributed by atoms with E-state index in [0.29, 0.717) is 11.3 Å². The molecule has 1 heterocycles. The Morgan fingerprint density at radius 2 is 2.11 bits per heavy atom. The molecule has 0 unspecified atom stereocenters. The molecule has 0 aliphatic rings. The zero-order valence-electron chi connectivity index (χ0n) is 9.87. The molecule has 0 amide bonds. The Hall–Kier alpha value is -1.27. The second-order valence-corrected chi connectivity index (χ2v) is 5.16. The largest absolute Gasteiger partial charge is 0.389 e. The number of halogens is 2. The fourth-order valence-corrected chi connectivity index (χ4v) is 2.16. The molecule has 1 aromatic carbocycles. The summed E-state index contributed by atoms with van der Waals surface area (Å²) in [6, 6.07) is 4.30. The van der Waals surface area contributed by atoms with Crippen molar-refractivity contribution in [3.05, 3.63) is 45.4 Å². The second kappa shape index (κ2) is 4.78. The maximum absolute atomic E-state index is 13.3. The van der Waals surface area contributed by atoms with Crippen LogP contribution in [-0.2, 0) is 0 Å². The van der Waals surface area contributed by atoms with Gasteiger partial charge in [0.1, 0.15) is 10.8 Å². The van der Waals surface area contributed by atoms with E-state index in [-0.39, 0.29) is 10.8 Å².